The first-order valence-electron chi connectivity index (χ1n) is 9.92. The zero-order chi connectivity index (χ0) is 22.9. The molecule has 1 aromatic heterocycles. The Morgan fingerprint density at radius 3 is 2.34 bits per heavy atom. The highest BCUT2D eigenvalue weighted by molar-refractivity contribution is 6.10. The van der Waals surface area contributed by atoms with Gasteiger partial charge in [-0.1, -0.05) is 18.2 Å². The van der Waals surface area contributed by atoms with Crippen molar-refractivity contribution in [3.8, 4) is 17.2 Å². The van der Waals surface area contributed by atoms with E-state index in [0.29, 0.717) is 35.3 Å². The summed E-state index contributed by atoms with van der Waals surface area (Å²) in [6, 6.07) is 14.7. The Balaban J connectivity index is 1.88. The zero-order valence-electron chi connectivity index (χ0n) is 18.5. The first kappa shape index (κ1) is 22.6. The average molecular weight is 434 g/mol. The van der Waals surface area contributed by atoms with Gasteiger partial charge < -0.3 is 19.5 Å². The third kappa shape index (κ3) is 5.75. The SMILES string of the molecule is COc1cc(C(=O)NC(=NCc2cccnc2)Nc2cccc(C)c2)cc(OC)c1OC. The Bertz CT molecular complexity index is 1080. The van der Waals surface area contributed by atoms with E-state index in [0.717, 1.165) is 16.8 Å². The van der Waals surface area contributed by atoms with Crippen molar-refractivity contribution in [3.63, 3.8) is 0 Å². The largest absolute Gasteiger partial charge is 0.493 e. The van der Waals surface area contributed by atoms with Crippen molar-refractivity contribution in [2.75, 3.05) is 26.6 Å². The molecule has 3 rings (SSSR count). The maximum Gasteiger partial charge on any atom is 0.258 e. The number of pyridine rings is 1. The number of hydrogen-bond donors (Lipinski definition) is 2. The summed E-state index contributed by atoms with van der Waals surface area (Å²) < 4.78 is 16.0. The van der Waals surface area contributed by atoms with Crippen molar-refractivity contribution in [3.05, 3.63) is 77.6 Å². The second kappa shape index (κ2) is 10.8. The summed E-state index contributed by atoms with van der Waals surface area (Å²) >= 11 is 0. The van der Waals surface area contributed by atoms with Gasteiger partial charge >= 0.3 is 0 Å². The van der Waals surface area contributed by atoms with Crippen molar-refractivity contribution in [2.24, 2.45) is 4.99 Å². The second-order valence-corrected chi connectivity index (χ2v) is 6.89. The molecule has 0 fully saturated rings. The number of guanidine groups is 1. The van der Waals surface area contributed by atoms with Crippen molar-refractivity contribution < 1.29 is 19.0 Å². The highest BCUT2D eigenvalue weighted by atomic mass is 16.5. The molecule has 0 saturated heterocycles. The van der Waals surface area contributed by atoms with E-state index in [2.05, 4.69) is 20.6 Å². The predicted molar refractivity (Wildman–Crippen MR) is 124 cm³/mol. The molecule has 0 spiro atoms. The van der Waals surface area contributed by atoms with E-state index >= 15 is 0 Å². The Labute approximate surface area is 187 Å². The number of ether oxygens (including phenoxy) is 3. The molecule has 0 aliphatic heterocycles. The van der Waals surface area contributed by atoms with E-state index in [9.17, 15) is 4.79 Å². The van der Waals surface area contributed by atoms with Crippen LogP contribution in [0.15, 0.2) is 65.9 Å². The van der Waals surface area contributed by atoms with Crippen LogP contribution in [0.5, 0.6) is 17.2 Å². The smallest absolute Gasteiger partial charge is 0.258 e. The Kier molecular flexibility index (Phi) is 7.64. The number of aromatic nitrogens is 1. The van der Waals surface area contributed by atoms with E-state index in [1.165, 1.54) is 21.3 Å². The number of amides is 1. The fraction of sp³-hybridized carbons (Fsp3) is 0.208. The maximum absolute atomic E-state index is 13.1. The van der Waals surface area contributed by atoms with Gasteiger partial charge in [0.15, 0.2) is 11.5 Å². The number of carbonyl (C=O) groups excluding carboxylic acids is 1. The predicted octanol–water partition coefficient (Wildman–Crippen LogP) is 3.81. The van der Waals surface area contributed by atoms with Gasteiger partial charge in [-0.2, -0.15) is 0 Å². The van der Waals surface area contributed by atoms with E-state index in [-0.39, 0.29) is 5.91 Å². The van der Waals surface area contributed by atoms with Crippen LogP contribution in [0.2, 0.25) is 0 Å². The Morgan fingerprint density at radius 1 is 1.00 bits per heavy atom. The van der Waals surface area contributed by atoms with E-state index in [1.54, 1.807) is 24.5 Å². The molecule has 1 heterocycles. The first-order chi connectivity index (χ1) is 15.5. The van der Waals surface area contributed by atoms with Gasteiger partial charge in [-0.15, -0.1) is 0 Å². The number of anilines is 1. The van der Waals surface area contributed by atoms with Crippen LogP contribution < -0.4 is 24.8 Å². The van der Waals surface area contributed by atoms with Gasteiger partial charge in [0, 0.05) is 23.6 Å². The molecule has 0 saturated carbocycles. The first-order valence-corrected chi connectivity index (χ1v) is 9.92. The minimum atomic E-state index is -0.380. The van der Waals surface area contributed by atoms with Crippen LogP contribution in [-0.4, -0.2) is 38.2 Å². The van der Waals surface area contributed by atoms with Gasteiger partial charge in [0.1, 0.15) is 0 Å². The average Bonchev–Trinajstić information content (AvgIpc) is 2.82. The number of nitrogens with zero attached hydrogens (tertiary/aromatic N) is 2. The molecule has 8 heteroatoms. The molecule has 0 bridgehead atoms. The molecular weight excluding hydrogens is 408 g/mol. The van der Waals surface area contributed by atoms with E-state index < -0.39 is 0 Å². The van der Waals surface area contributed by atoms with Crippen LogP contribution in [0.1, 0.15) is 21.5 Å². The van der Waals surface area contributed by atoms with Crippen LogP contribution in [0.4, 0.5) is 5.69 Å². The van der Waals surface area contributed by atoms with Gasteiger partial charge in [-0.3, -0.25) is 15.1 Å². The van der Waals surface area contributed by atoms with Crippen LogP contribution in [0, 0.1) is 6.92 Å². The van der Waals surface area contributed by atoms with Crippen molar-refractivity contribution in [1.82, 2.24) is 10.3 Å². The molecule has 32 heavy (non-hydrogen) atoms. The molecule has 2 N–H and O–H groups in total. The summed E-state index contributed by atoms with van der Waals surface area (Å²) in [6.45, 7) is 2.34. The minimum absolute atomic E-state index is 0.304. The minimum Gasteiger partial charge on any atom is -0.493 e. The molecule has 0 aliphatic carbocycles. The maximum atomic E-state index is 13.1. The highest BCUT2D eigenvalue weighted by Crippen LogP contribution is 2.38. The molecule has 3 aromatic rings. The van der Waals surface area contributed by atoms with Gasteiger partial charge in [-0.25, -0.2) is 4.99 Å². The van der Waals surface area contributed by atoms with E-state index in [1.807, 2.05) is 43.3 Å². The van der Waals surface area contributed by atoms with Crippen LogP contribution in [-0.2, 0) is 6.54 Å². The summed E-state index contributed by atoms with van der Waals surface area (Å²) in [5.74, 6) is 1.11. The van der Waals surface area contributed by atoms with Crippen molar-refractivity contribution in [1.29, 1.82) is 0 Å². The topological polar surface area (TPSA) is 94.1 Å². The molecule has 0 atom stereocenters. The van der Waals surface area contributed by atoms with Gasteiger partial charge in [0.2, 0.25) is 11.7 Å². The number of carbonyl (C=O) groups is 1. The van der Waals surface area contributed by atoms with Crippen LogP contribution in [0.25, 0.3) is 0 Å². The number of aliphatic imine (C=N–C) groups is 1. The van der Waals surface area contributed by atoms with Crippen molar-refractivity contribution >= 4 is 17.6 Å². The number of aryl methyl sites for hydroxylation is 1. The van der Waals surface area contributed by atoms with Gasteiger partial charge in [-0.05, 0) is 48.4 Å². The molecule has 166 valence electrons. The number of nitrogens with one attached hydrogen (secondary N) is 2. The second-order valence-electron chi connectivity index (χ2n) is 6.89. The fourth-order valence-electron chi connectivity index (χ4n) is 3.02. The third-order valence-electron chi connectivity index (χ3n) is 4.58. The number of methoxy groups -OCH3 is 3. The highest BCUT2D eigenvalue weighted by Gasteiger charge is 2.18. The molecule has 0 aliphatic rings. The quantitative estimate of drug-likeness (QED) is 0.434. The molecule has 1 amide bonds. The lowest BCUT2D eigenvalue weighted by Crippen LogP contribution is -2.36. The number of rotatable bonds is 7. The lowest BCUT2D eigenvalue weighted by molar-refractivity contribution is 0.0976. The monoisotopic (exact) mass is 434 g/mol. The molecule has 8 nitrogen and oxygen atoms in total. The fourth-order valence-corrected chi connectivity index (χ4v) is 3.02. The standard InChI is InChI=1S/C24H26N4O4/c1-16-7-5-9-19(11-16)27-24(26-15-17-8-6-10-25-14-17)28-23(29)18-12-20(30-2)22(32-4)21(13-18)31-3/h5-14H,15H2,1-4H3,(H2,26,27,28,29). The van der Waals surface area contributed by atoms with Gasteiger partial charge in [0.05, 0.1) is 27.9 Å². The number of benzene rings is 2. The molecule has 0 radical (unpaired) electrons. The third-order valence-corrected chi connectivity index (χ3v) is 4.58. The molecule has 0 unspecified atom stereocenters. The Hall–Kier alpha value is -4.07. The van der Waals surface area contributed by atoms with Crippen molar-refractivity contribution in [2.45, 2.75) is 13.5 Å². The Morgan fingerprint density at radius 2 is 1.75 bits per heavy atom. The van der Waals surface area contributed by atoms with Crippen LogP contribution in [0.3, 0.4) is 0 Å². The molecular formula is C24H26N4O4. The summed E-state index contributed by atoms with van der Waals surface area (Å²) in [7, 11) is 4.51. The van der Waals surface area contributed by atoms with E-state index in [4.69, 9.17) is 14.2 Å². The van der Waals surface area contributed by atoms with Gasteiger partial charge in [0.25, 0.3) is 5.91 Å². The lowest BCUT2D eigenvalue weighted by Gasteiger charge is -2.15. The summed E-state index contributed by atoms with van der Waals surface area (Å²) in [5, 5.41) is 6.02. The number of hydrogen-bond acceptors (Lipinski definition) is 6. The summed E-state index contributed by atoms with van der Waals surface area (Å²) in [5.41, 5.74) is 3.13. The summed E-state index contributed by atoms with van der Waals surface area (Å²) in [6.07, 6.45) is 3.43. The zero-order valence-corrected chi connectivity index (χ0v) is 18.5. The lowest BCUT2D eigenvalue weighted by atomic mass is 10.1. The summed E-state index contributed by atoms with van der Waals surface area (Å²) in [4.78, 5) is 21.7. The molecule has 2 aromatic carbocycles. The van der Waals surface area contributed by atoms with Crippen LogP contribution >= 0.6 is 0 Å². The normalized spacial score (nSPS) is 10.9.